The van der Waals surface area contributed by atoms with E-state index in [1.807, 2.05) is 72.6 Å². The molecule has 0 spiro atoms. The van der Waals surface area contributed by atoms with Crippen LogP contribution in [0.3, 0.4) is 0 Å². The lowest BCUT2D eigenvalue weighted by Crippen LogP contribution is -2.65. The number of ether oxygens (including phenoxy) is 2. The van der Waals surface area contributed by atoms with Crippen LogP contribution in [-0.2, 0) is 14.3 Å². The number of hydrogen-bond donors (Lipinski definition) is 0. The van der Waals surface area contributed by atoms with Gasteiger partial charge in [-0.1, -0.05) is 30.3 Å². The minimum Gasteiger partial charge on any atom is -0.494 e. The monoisotopic (exact) mass is 475 g/mol. The summed E-state index contributed by atoms with van der Waals surface area (Å²) >= 11 is 0. The number of carbonyl (C=O) groups excluding carboxylic acids is 3. The van der Waals surface area contributed by atoms with Crippen LogP contribution in [0.2, 0.25) is 0 Å². The molecule has 0 saturated carbocycles. The number of imide groups is 1. The van der Waals surface area contributed by atoms with Crippen LogP contribution in [0.4, 0.5) is 10.5 Å². The average molecular weight is 476 g/mol. The number of urea groups is 1. The predicted octanol–water partition coefficient (Wildman–Crippen LogP) is 2.34. The first-order valence-electron chi connectivity index (χ1n) is 11.3. The lowest BCUT2D eigenvalue weighted by Gasteiger charge is -2.39. The van der Waals surface area contributed by atoms with E-state index in [9.17, 15) is 14.4 Å². The number of aliphatic imine (C=N–C) groups is 1. The maximum absolute atomic E-state index is 13.5. The van der Waals surface area contributed by atoms with Gasteiger partial charge in [0, 0.05) is 24.5 Å². The first kappa shape index (κ1) is 22.5. The number of guanidine groups is 1. The molecular weight excluding hydrogens is 450 g/mol. The van der Waals surface area contributed by atoms with Crippen LogP contribution in [0.15, 0.2) is 65.8 Å². The number of rotatable bonds is 6. The van der Waals surface area contributed by atoms with Crippen LogP contribution in [-0.4, -0.2) is 78.1 Å². The van der Waals surface area contributed by atoms with Crippen LogP contribution in [0.1, 0.15) is 12.5 Å². The maximum Gasteiger partial charge on any atom is 0.328 e. The first-order valence-corrected chi connectivity index (χ1v) is 11.3. The van der Waals surface area contributed by atoms with Crippen molar-refractivity contribution in [2.45, 2.75) is 19.1 Å². The summed E-state index contributed by atoms with van der Waals surface area (Å²) in [4.78, 5) is 49.1. The van der Waals surface area contributed by atoms with Gasteiger partial charge in [-0.3, -0.25) is 24.3 Å². The number of nitrogens with zero attached hydrogens (tertiary/aromatic N) is 5. The standard InChI is InChI=1S/C25H25N5O5/c1-4-35-18-12-10-17(11-13-18)30-19(16-8-6-5-7-9-16)14-28-21-22(26-24(28)30)27(2)25(33)29(23(21)32)15-20(31)34-3/h5-14,21-22H,4,15H2,1-3H3. The largest absolute Gasteiger partial charge is 0.494 e. The fraction of sp³-hybridized carbons (Fsp3) is 0.280. The summed E-state index contributed by atoms with van der Waals surface area (Å²) in [6, 6.07) is 16.0. The molecule has 0 radical (unpaired) electrons. The minimum atomic E-state index is -0.802. The Morgan fingerprint density at radius 1 is 1.06 bits per heavy atom. The van der Waals surface area contributed by atoms with Crippen LogP contribution in [0, 0.1) is 0 Å². The highest BCUT2D eigenvalue weighted by atomic mass is 16.5. The third kappa shape index (κ3) is 3.67. The third-order valence-electron chi connectivity index (χ3n) is 6.20. The third-order valence-corrected chi connectivity index (χ3v) is 6.20. The van der Waals surface area contributed by atoms with Crippen molar-refractivity contribution in [3.63, 3.8) is 0 Å². The summed E-state index contributed by atoms with van der Waals surface area (Å²) in [5.41, 5.74) is 2.60. The average Bonchev–Trinajstić information content (AvgIpc) is 3.43. The summed E-state index contributed by atoms with van der Waals surface area (Å²) in [7, 11) is 2.79. The quantitative estimate of drug-likeness (QED) is 0.592. The zero-order valence-electron chi connectivity index (χ0n) is 19.6. The highest BCUT2D eigenvalue weighted by Crippen LogP contribution is 2.40. The van der Waals surface area contributed by atoms with Crippen molar-refractivity contribution in [1.29, 1.82) is 0 Å². The van der Waals surface area contributed by atoms with Crippen LogP contribution < -0.4 is 9.64 Å². The van der Waals surface area contributed by atoms with Gasteiger partial charge >= 0.3 is 12.0 Å². The number of hydrogen-bond acceptors (Lipinski definition) is 8. The molecule has 0 bridgehead atoms. The zero-order chi connectivity index (χ0) is 24.7. The summed E-state index contributed by atoms with van der Waals surface area (Å²) < 4.78 is 10.3. The number of esters is 1. The van der Waals surface area contributed by atoms with Crippen LogP contribution in [0.25, 0.3) is 5.70 Å². The molecule has 1 fully saturated rings. The van der Waals surface area contributed by atoms with Gasteiger partial charge in [-0.25, -0.2) is 9.79 Å². The number of amides is 3. The number of likely N-dealkylation sites (N-methyl/N-ethyl adjacent to an activating group) is 1. The molecule has 180 valence electrons. The van der Waals surface area contributed by atoms with E-state index in [0.29, 0.717) is 12.6 Å². The van der Waals surface area contributed by atoms with Crippen molar-refractivity contribution in [2.24, 2.45) is 4.99 Å². The lowest BCUT2D eigenvalue weighted by molar-refractivity contribution is -0.148. The van der Waals surface area contributed by atoms with E-state index in [2.05, 4.69) is 4.74 Å². The van der Waals surface area contributed by atoms with Gasteiger partial charge in [-0.05, 0) is 31.2 Å². The Morgan fingerprint density at radius 3 is 2.43 bits per heavy atom. The van der Waals surface area contributed by atoms with E-state index >= 15 is 0 Å². The van der Waals surface area contributed by atoms with Crippen LogP contribution in [0.5, 0.6) is 5.75 Å². The number of fused-ring (bicyclic) bond motifs is 3. The van der Waals surface area contributed by atoms with Crippen molar-refractivity contribution < 1.29 is 23.9 Å². The van der Waals surface area contributed by atoms with Crippen molar-refractivity contribution in [3.05, 3.63) is 66.4 Å². The molecule has 0 aliphatic carbocycles. The molecule has 3 aliphatic heterocycles. The van der Waals surface area contributed by atoms with Gasteiger partial charge < -0.3 is 14.4 Å². The van der Waals surface area contributed by atoms with Crippen molar-refractivity contribution in [3.8, 4) is 5.75 Å². The fourth-order valence-electron chi connectivity index (χ4n) is 4.50. The Morgan fingerprint density at radius 2 is 1.77 bits per heavy atom. The highest BCUT2D eigenvalue weighted by molar-refractivity contribution is 6.16. The first-order chi connectivity index (χ1) is 16.9. The van der Waals surface area contributed by atoms with Gasteiger partial charge in [0.2, 0.25) is 5.96 Å². The molecule has 3 heterocycles. The zero-order valence-corrected chi connectivity index (χ0v) is 19.6. The van der Waals surface area contributed by atoms with Gasteiger partial charge in [0.15, 0.2) is 12.2 Å². The van der Waals surface area contributed by atoms with E-state index in [4.69, 9.17) is 9.73 Å². The van der Waals surface area contributed by atoms with Crippen molar-refractivity contribution in [1.82, 2.24) is 14.7 Å². The second-order valence-corrected chi connectivity index (χ2v) is 8.23. The molecule has 5 rings (SSSR count). The Balaban J connectivity index is 1.56. The molecule has 0 aromatic heterocycles. The summed E-state index contributed by atoms with van der Waals surface area (Å²) in [6.07, 6.45) is 1.14. The van der Waals surface area contributed by atoms with E-state index in [1.165, 1.54) is 12.0 Å². The Hall–Kier alpha value is -4.34. The molecule has 0 N–H and O–H groups in total. The fourth-order valence-corrected chi connectivity index (χ4v) is 4.50. The van der Waals surface area contributed by atoms with Gasteiger partial charge in [-0.2, -0.15) is 0 Å². The number of anilines is 1. The Labute approximate surface area is 202 Å². The SMILES string of the molecule is CCOc1ccc(N2C(c3ccccc3)=CN3C2=NC2C3C(=O)N(CC(=O)OC)C(=O)N2C)cc1. The molecule has 2 atom stereocenters. The molecule has 10 heteroatoms. The van der Waals surface area contributed by atoms with Gasteiger partial charge in [0.1, 0.15) is 12.3 Å². The smallest absolute Gasteiger partial charge is 0.328 e. The second-order valence-electron chi connectivity index (χ2n) is 8.23. The number of benzene rings is 2. The predicted molar refractivity (Wildman–Crippen MR) is 128 cm³/mol. The molecule has 2 unspecified atom stereocenters. The maximum atomic E-state index is 13.5. The topological polar surface area (TPSA) is 95.0 Å². The van der Waals surface area contributed by atoms with Crippen molar-refractivity contribution >= 4 is 35.3 Å². The number of carbonyl (C=O) groups is 3. The van der Waals surface area contributed by atoms with Crippen molar-refractivity contribution in [2.75, 3.05) is 32.2 Å². The molecule has 2 aromatic rings. The summed E-state index contributed by atoms with van der Waals surface area (Å²) in [6.45, 7) is 2.03. The summed E-state index contributed by atoms with van der Waals surface area (Å²) in [5, 5.41) is 0. The summed E-state index contributed by atoms with van der Waals surface area (Å²) in [5.74, 6) is 0.101. The van der Waals surface area contributed by atoms with E-state index in [-0.39, 0.29) is 0 Å². The molecule has 10 nitrogen and oxygen atoms in total. The molecule has 2 aromatic carbocycles. The van der Waals surface area contributed by atoms with Gasteiger partial charge in [0.05, 0.1) is 19.4 Å². The van der Waals surface area contributed by atoms with E-state index in [0.717, 1.165) is 27.6 Å². The molecular formula is C25H25N5O5. The second kappa shape index (κ2) is 8.79. The molecule has 3 amide bonds. The number of methoxy groups -OCH3 is 1. The normalized spacial score (nSPS) is 21.0. The highest BCUT2D eigenvalue weighted by Gasteiger charge is 2.55. The van der Waals surface area contributed by atoms with E-state index < -0.39 is 36.7 Å². The molecule has 1 saturated heterocycles. The lowest BCUT2D eigenvalue weighted by atomic mass is 10.1. The molecule has 35 heavy (non-hydrogen) atoms. The minimum absolute atomic E-state index is 0.456. The van der Waals surface area contributed by atoms with E-state index in [1.54, 1.807) is 11.9 Å². The Kier molecular flexibility index (Phi) is 5.64. The Bertz CT molecular complexity index is 1230. The van der Waals surface area contributed by atoms with Gasteiger partial charge in [0.25, 0.3) is 5.91 Å². The van der Waals surface area contributed by atoms with Crippen LogP contribution >= 0.6 is 0 Å². The van der Waals surface area contributed by atoms with Gasteiger partial charge in [-0.15, -0.1) is 0 Å². The molecule has 3 aliphatic rings.